The first kappa shape index (κ1) is 17.7. The fourth-order valence-electron chi connectivity index (χ4n) is 1.90. The van der Waals surface area contributed by atoms with Crippen molar-refractivity contribution < 1.29 is 18.7 Å². The first-order chi connectivity index (χ1) is 11.3. The molecule has 0 bridgehead atoms. The van der Waals surface area contributed by atoms with E-state index in [2.05, 4.69) is 10.6 Å². The number of ether oxygens (including phenoxy) is 1. The van der Waals surface area contributed by atoms with Gasteiger partial charge in [-0.3, -0.25) is 9.59 Å². The molecule has 0 heterocycles. The quantitative estimate of drug-likeness (QED) is 0.860. The van der Waals surface area contributed by atoms with Crippen molar-refractivity contribution in [1.29, 1.82) is 0 Å². The van der Waals surface area contributed by atoms with Crippen LogP contribution in [-0.2, 0) is 9.59 Å². The van der Waals surface area contributed by atoms with Crippen LogP contribution in [0.25, 0.3) is 0 Å². The third kappa shape index (κ3) is 4.96. The highest BCUT2D eigenvalue weighted by atomic mass is 35.5. The van der Waals surface area contributed by atoms with Gasteiger partial charge in [0, 0.05) is 12.6 Å². The first-order valence-corrected chi connectivity index (χ1v) is 7.53. The molecule has 2 rings (SSSR count). The average molecular weight is 351 g/mol. The maximum absolute atomic E-state index is 13.0. The molecule has 0 saturated carbocycles. The molecule has 0 aromatic heterocycles. The van der Waals surface area contributed by atoms with Crippen molar-refractivity contribution in [1.82, 2.24) is 0 Å². The van der Waals surface area contributed by atoms with Crippen molar-refractivity contribution in [2.24, 2.45) is 0 Å². The molecule has 0 fully saturated rings. The molecule has 7 heteroatoms. The Hall–Kier alpha value is -2.60. The van der Waals surface area contributed by atoms with Gasteiger partial charge in [-0.15, -0.1) is 0 Å². The highest BCUT2D eigenvalue weighted by Gasteiger charge is 2.16. The van der Waals surface area contributed by atoms with Crippen molar-refractivity contribution in [3.05, 3.63) is 53.3 Å². The van der Waals surface area contributed by atoms with Gasteiger partial charge >= 0.3 is 0 Å². The van der Waals surface area contributed by atoms with E-state index in [0.717, 1.165) is 6.07 Å². The molecule has 0 aliphatic heterocycles. The van der Waals surface area contributed by atoms with Gasteiger partial charge in [0.1, 0.15) is 11.6 Å². The van der Waals surface area contributed by atoms with Crippen LogP contribution in [0, 0.1) is 5.82 Å². The molecule has 5 nitrogen and oxygen atoms in total. The Morgan fingerprint density at radius 3 is 2.38 bits per heavy atom. The molecule has 0 unspecified atom stereocenters. The fourth-order valence-corrected chi connectivity index (χ4v) is 2.12. The van der Waals surface area contributed by atoms with E-state index in [1.54, 1.807) is 31.2 Å². The van der Waals surface area contributed by atoms with E-state index in [9.17, 15) is 14.0 Å². The monoisotopic (exact) mass is 350 g/mol. The highest BCUT2D eigenvalue weighted by molar-refractivity contribution is 6.33. The molecule has 2 N–H and O–H groups in total. The molecule has 2 aromatic rings. The second-order valence-electron chi connectivity index (χ2n) is 5.08. The molecule has 0 saturated heterocycles. The fraction of sp³-hybridized carbons (Fsp3) is 0.176. The van der Waals surface area contributed by atoms with Crippen LogP contribution in [0.2, 0.25) is 5.02 Å². The number of carbonyl (C=O) groups is 2. The standard InChI is InChI=1S/C17H16ClFN2O3/c1-10(17(23)21-16-8-3-12(19)9-15(16)18)24-14-6-4-13(5-7-14)20-11(2)22/h3-10H,1-2H3,(H,20,22)(H,21,23)/t10-/m1/s1. The van der Waals surface area contributed by atoms with E-state index >= 15 is 0 Å². The summed E-state index contributed by atoms with van der Waals surface area (Å²) in [5.74, 6) is -0.611. The smallest absolute Gasteiger partial charge is 0.265 e. The van der Waals surface area contributed by atoms with E-state index in [4.69, 9.17) is 16.3 Å². The number of rotatable bonds is 5. The summed E-state index contributed by atoms with van der Waals surface area (Å²) in [7, 11) is 0. The largest absolute Gasteiger partial charge is 0.481 e. The van der Waals surface area contributed by atoms with Crippen LogP contribution in [0.1, 0.15) is 13.8 Å². The molecular formula is C17H16ClFN2O3. The minimum absolute atomic E-state index is 0.107. The molecule has 0 spiro atoms. The van der Waals surface area contributed by atoms with E-state index in [-0.39, 0.29) is 10.9 Å². The summed E-state index contributed by atoms with van der Waals surface area (Å²) in [6, 6.07) is 10.3. The predicted octanol–water partition coefficient (Wildman–Crippen LogP) is 3.84. The maximum Gasteiger partial charge on any atom is 0.265 e. The average Bonchev–Trinajstić information content (AvgIpc) is 2.51. The molecule has 24 heavy (non-hydrogen) atoms. The Kier molecular flexibility index (Phi) is 5.76. The van der Waals surface area contributed by atoms with Crippen molar-refractivity contribution in [3.8, 4) is 5.75 Å². The summed E-state index contributed by atoms with van der Waals surface area (Å²) in [6.07, 6.45) is -0.794. The van der Waals surface area contributed by atoms with Gasteiger partial charge in [-0.25, -0.2) is 4.39 Å². The molecule has 0 radical (unpaired) electrons. The number of carbonyl (C=O) groups excluding carboxylic acids is 2. The summed E-state index contributed by atoms with van der Waals surface area (Å²) < 4.78 is 18.5. The number of benzene rings is 2. The Balaban J connectivity index is 1.97. The van der Waals surface area contributed by atoms with Crippen molar-refractivity contribution in [3.63, 3.8) is 0 Å². The second kappa shape index (κ2) is 7.79. The lowest BCUT2D eigenvalue weighted by molar-refractivity contribution is -0.122. The number of nitrogens with one attached hydrogen (secondary N) is 2. The van der Waals surface area contributed by atoms with E-state index in [0.29, 0.717) is 17.1 Å². The van der Waals surface area contributed by atoms with Crippen LogP contribution in [-0.4, -0.2) is 17.9 Å². The van der Waals surface area contributed by atoms with E-state index < -0.39 is 17.8 Å². The van der Waals surface area contributed by atoms with Gasteiger partial charge in [-0.05, 0) is 49.4 Å². The van der Waals surface area contributed by atoms with Crippen molar-refractivity contribution >= 4 is 34.8 Å². The van der Waals surface area contributed by atoms with Gasteiger partial charge < -0.3 is 15.4 Å². The van der Waals surface area contributed by atoms with Crippen LogP contribution < -0.4 is 15.4 Å². The van der Waals surface area contributed by atoms with Crippen molar-refractivity contribution in [2.45, 2.75) is 20.0 Å². The molecule has 0 aliphatic carbocycles. The maximum atomic E-state index is 13.0. The third-order valence-electron chi connectivity index (χ3n) is 3.05. The zero-order chi connectivity index (χ0) is 17.7. The van der Waals surface area contributed by atoms with Gasteiger partial charge in [0.15, 0.2) is 6.10 Å². The summed E-state index contributed by atoms with van der Waals surface area (Å²) in [4.78, 5) is 23.1. The van der Waals surface area contributed by atoms with Gasteiger partial charge in [0.05, 0.1) is 10.7 Å². The summed E-state index contributed by atoms with van der Waals surface area (Å²) in [5, 5.41) is 5.31. The second-order valence-corrected chi connectivity index (χ2v) is 5.49. The lowest BCUT2D eigenvalue weighted by Gasteiger charge is -2.15. The predicted molar refractivity (Wildman–Crippen MR) is 90.9 cm³/mol. The number of hydrogen-bond acceptors (Lipinski definition) is 3. The van der Waals surface area contributed by atoms with E-state index in [1.165, 1.54) is 19.1 Å². The first-order valence-electron chi connectivity index (χ1n) is 7.15. The number of amides is 2. The van der Waals surface area contributed by atoms with Crippen molar-refractivity contribution in [2.75, 3.05) is 10.6 Å². The number of halogens is 2. The zero-order valence-corrected chi connectivity index (χ0v) is 13.9. The van der Waals surface area contributed by atoms with Crippen LogP contribution in [0.4, 0.5) is 15.8 Å². The lowest BCUT2D eigenvalue weighted by atomic mass is 10.2. The van der Waals surface area contributed by atoms with Crippen LogP contribution in [0.5, 0.6) is 5.75 Å². The Bertz CT molecular complexity index is 750. The Labute approximate surface area is 143 Å². The topological polar surface area (TPSA) is 67.4 Å². The van der Waals surface area contributed by atoms with Crippen LogP contribution in [0.3, 0.4) is 0 Å². The highest BCUT2D eigenvalue weighted by Crippen LogP contribution is 2.23. The minimum Gasteiger partial charge on any atom is -0.481 e. The van der Waals surface area contributed by atoms with Gasteiger partial charge in [-0.2, -0.15) is 0 Å². The number of hydrogen-bond donors (Lipinski definition) is 2. The molecular weight excluding hydrogens is 335 g/mol. The molecule has 0 aliphatic rings. The van der Waals surface area contributed by atoms with E-state index in [1.807, 2.05) is 0 Å². The van der Waals surface area contributed by atoms with Gasteiger partial charge in [0.2, 0.25) is 5.91 Å². The summed E-state index contributed by atoms with van der Waals surface area (Å²) in [5.41, 5.74) is 0.935. The van der Waals surface area contributed by atoms with Crippen LogP contribution >= 0.6 is 11.6 Å². The molecule has 2 amide bonds. The van der Waals surface area contributed by atoms with Gasteiger partial charge in [0.25, 0.3) is 5.91 Å². The Morgan fingerprint density at radius 1 is 1.12 bits per heavy atom. The SMILES string of the molecule is CC(=O)Nc1ccc(O[C@H](C)C(=O)Nc2ccc(F)cc2Cl)cc1. The number of anilines is 2. The Morgan fingerprint density at radius 2 is 1.79 bits per heavy atom. The third-order valence-corrected chi connectivity index (χ3v) is 3.36. The lowest BCUT2D eigenvalue weighted by Crippen LogP contribution is -2.30. The van der Waals surface area contributed by atoms with Gasteiger partial charge in [-0.1, -0.05) is 11.6 Å². The van der Waals surface area contributed by atoms with Crippen LogP contribution in [0.15, 0.2) is 42.5 Å². The molecule has 126 valence electrons. The summed E-state index contributed by atoms with van der Waals surface area (Å²) in [6.45, 7) is 2.99. The normalized spacial score (nSPS) is 11.5. The molecule has 2 aromatic carbocycles. The zero-order valence-electron chi connectivity index (χ0n) is 13.1. The summed E-state index contributed by atoms with van der Waals surface area (Å²) >= 11 is 5.87. The minimum atomic E-state index is -0.794. The molecule has 1 atom stereocenters.